The van der Waals surface area contributed by atoms with Crippen molar-refractivity contribution in [3.63, 3.8) is 0 Å². The average molecular weight is 431 g/mol. The van der Waals surface area contributed by atoms with Gasteiger partial charge in [-0.25, -0.2) is 9.78 Å². The van der Waals surface area contributed by atoms with Gasteiger partial charge in [0.25, 0.3) is 5.91 Å². The Hall–Kier alpha value is -3.71. The lowest BCUT2D eigenvalue weighted by atomic mass is 10.0. The molecule has 0 atom stereocenters. The molecule has 3 aromatic rings. The van der Waals surface area contributed by atoms with Gasteiger partial charge in [0, 0.05) is 19.3 Å². The molecule has 32 heavy (non-hydrogen) atoms. The molecule has 0 unspecified atom stereocenters. The summed E-state index contributed by atoms with van der Waals surface area (Å²) in [4.78, 5) is 31.0. The molecule has 7 heteroatoms. The molecule has 2 aromatic carbocycles. The molecule has 164 valence electrons. The van der Waals surface area contributed by atoms with Gasteiger partial charge in [0.2, 0.25) is 0 Å². The molecule has 4 rings (SSSR count). The van der Waals surface area contributed by atoms with Crippen LogP contribution in [0.1, 0.15) is 31.8 Å². The summed E-state index contributed by atoms with van der Waals surface area (Å²) in [5.41, 5.74) is 2.86. The van der Waals surface area contributed by atoms with E-state index in [1.54, 1.807) is 24.3 Å². The SMILES string of the molecule is O=C(Nc1cc(CCc2ccccc2)ccc1C(=O)O)c1ccc(N2CCOCC2)nc1. The van der Waals surface area contributed by atoms with Gasteiger partial charge >= 0.3 is 5.97 Å². The summed E-state index contributed by atoms with van der Waals surface area (Å²) in [7, 11) is 0. The van der Waals surface area contributed by atoms with Gasteiger partial charge in [-0.3, -0.25) is 4.79 Å². The molecule has 1 fully saturated rings. The topological polar surface area (TPSA) is 91.8 Å². The fourth-order valence-electron chi connectivity index (χ4n) is 3.66. The predicted molar refractivity (Wildman–Crippen MR) is 122 cm³/mol. The van der Waals surface area contributed by atoms with Crippen LogP contribution in [0.25, 0.3) is 0 Å². The Kier molecular flexibility index (Phi) is 6.77. The Morgan fingerprint density at radius 1 is 0.969 bits per heavy atom. The van der Waals surface area contributed by atoms with E-state index in [0.29, 0.717) is 18.8 Å². The zero-order valence-electron chi connectivity index (χ0n) is 17.7. The lowest BCUT2D eigenvalue weighted by Crippen LogP contribution is -2.36. The molecule has 1 aliphatic rings. The number of morpholine rings is 1. The van der Waals surface area contributed by atoms with Crippen LogP contribution in [0.15, 0.2) is 66.9 Å². The third-order valence-electron chi connectivity index (χ3n) is 5.45. The van der Waals surface area contributed by atoms with Gasteiger partial charge in [0.05, 0.1) is 30.0 Å². The summed E-state index contributed by atoms with van der Waals surface area (Å²) in [6.45, 7) is 2.83. The van der Waals surface area contributed by atoms with E-state index in [4.69, 9.17) is 4.74 Å². The highest BCUT2D eigenvalue weighted by Crippen LogP contribution is 2.21. The maximum atomic E-state index is 12.8. The van der Waals surface area contributed by atoms with Crippen LogP contribution in [0.2, 0.25) is 0 Å². The third-order valence-corrected chi connectivity index (χ3v) is 5.45. The minimum absolute atomic E-state index is 0.0553. The Morgan fingerprint density at radius 3 is 2.41 bits per heavy atom. The van der Waals surface area contributed by atoms with E-state index in [2.05, 4.69) is 27.3 Å². The van der Waals surface area contributed by atoms with Crippen molar-refractivity contribution in [1.29, 1.82) is 0 Å². The van der Waals surface area contributed by atoms with E-state index in [1.807, 2.05) is 18.2 Å². The zero-order valence-corrected chi connectivity index (χ0v) is 17.7. The van der Waals surface area contributed by atoms with Gasteiger partial charge in [0.1, 0.15) is 5.82 Å². The predicted octanol–water partition coefficient (Wildman–Crippen LogP) is 3.65. The number of carboxylic acid groups (broad SMARTS) is 1. The summed E-state index contributed by atoms with van der Waals surface area (Å²) in [6.07, 6.45) is 3.08. The first-order valence-corrected chi connectivity index (χ1v) is 10.6. The largest absolute Gasteiger partial charge is 0.478 e. The van der Waals surface area contributed by atoms with Crippen LogP contribution in [-0.4, -0.2) is 48.3 Å². The van der Waals surface area contributed by atoms with Crippen molar-refractivity contribution >= 4 is 23.4 Å². The molecular weight excluding hydrogens is 406 g/mol. The van der Waals surface area contributed by atoms with Gasteiger partial charge in [-0.2, -0.15) is 0 Å². The molecule has 0 bridgehead atoms. The number of amides is 1. The molecule has 1 aliphatic heterocycles. The van der Waals surface area contributed by atoms with E-state index in [9.17, 15) is 14.7 Å². The number of rotatable bonds is 7. The number of hydrogen-bond acceptors (Lipinski definition) is 5. The molecule has 2 heterocycles. The summed E-state index contributed by atoms with van der Waals surface area (Å²) in [5.74, 6) is -0.691. The summed E-state index contributed by atoms with van der Waals surface area (Å²) in [5, 5.41) is 12.3. The Bertz CT molecular complexity index is 1080. The summed E-state index contributed by atoms with van der Waals surface area (Å²) in [6, 6.07) is 18.6. The highest BCUT2D eigenvalue weighted by Gasteiger charge is 2.16. The number of anilines is 2. The maximum absolute atomic E-state index is 12.8. The molecule has 0 spiro atoms. The first kappa shape index (κ1) is 21.5. The number of aromatic carboxylic acids is 1. The Labute approximate surface area is 186 Å². The van der Waals surface area contributed by atoms with Crippen molar-refractivity contribution in [2.45, 2.75) is 12.8 Å². The molecule has 1 aromatic heterocycles. The van der Waals surface area contributed by atoms with Crippen molar-refractivity contribution < 1.29 is 19.4 Å². The summed E-state index contributed by atoms with van der Waals surface area (Å²) < 4.78 is 5.35. The second kappa shape index (κ2) is 10.1. The van der Waals surface area contributed by atoms with Gasteiger partial charge < -0.3 is 20.1 Å². The first-order chi connectivity index (χ1) is 15.6. The summed E-state index contributed by atoms with van der Waals surface area (Å²) >= 11 is 0. The van der Waals surface area contributed by atoms with Crippen LogP contribution < -0.4 is 10.2 Å². The monoisotopic (exact) mass is 431 g/mol. The average Bonchev–Trinajstić information content (AvgIpc) is 2.84. The number of nitrogens with one attached hydrogen (secondary N) is 1. The number of aryl methyl sites for hydroxylation is 2. The number of ether oxygens (including phenoxy) is 1. The van der Waals surface area contributed by atoms with Crippen LogP contribution in [0.4, 0.5) is 11.5 Å². The van der Waals surface area contributed by atoms with Crippen LogP contribution in [0.5, 0.6) is 0 Å². The highest BCUT2D eigenvalue weighted by molar-refractivity contribution is 6.07. The fraction of sp³-hybridized carbons (Fsp3) is 0.240. The van der Waals surface area contributed by atoms with Gasteiger partial charge in [-0.15, -0.1) is 0 Å². The van der Waals surface area contributed by atoms with E-state index < -0.39 is 11.9 Å². The van der Waals surface area contributed by atoms with Crippen LogP contribution >= 0.6 is 0 Å². The number of carbonyl (C=O) groups is 2. The van der Waals surface area contributed by atoms with E-state index in [-0.39, 0.29) is 11.3 Å². The third kappa shape index (κ3) is 5.31. The number of pyridine rings is 1. The minimum Gasteiger partial charge on any atom is -0.478 e. The molecule has 1 amide bonds. The Balaban J connectivity index is 1.47. The van der Waals surface area contributed by atoms with Crippen LogP contribution in [-0.2, 0) is 17.6 Å². The van der Waals surface area contributed by atoms with E-state index in [1.165, 1.54) is 17.8 Å². The number of aromatic nitrogens is 1. The molecule has 7 nitrogen and oxygen atoms in total. The minimum atomic E-state index is -1.09. The standard InChI is InChI=1S/C25H25N3O4/c29-24(20-9-11-23(26-17-20)28-12-14-32-15-13-28)27-22-16-19(8-10-21(22)25(30)31)7-6-18-4-2-1-3-5-18/h1-5,8-11,16-17H,6-7,12-15H2,(H,27,29)(H,30,31). The number of benzene rings is 2. The van der Waals surface area contributed by atoms with E-state index >= 15 is 0 Å². The number of carbonyl (C=O) groups excluding carboxylic acids is 1. The molecule has 0 saturated carbocycles. The zero-order chi connectivity index (χ0) is 22.3. The molecule has 1 saturated heterocycles. The Morgan fingerprint density at radius 2 is 1.72 bits per heavy atom. The van der Waals surface area contributed by atoms with Gasteiger partial charge in [-0.05, 0) is 48.2 Å². The maximum Gasteiger partial charge on any atom is 0.337 e. The van der Waals surface area contributed by atoms with Crippen molar-refractivity contribution in [3.05, 3.63) is 89.1 Å². The lowest BCUT2D eigenvalue weighted by Gasteiger charge is -2.27. The fourth-order valence-corrected chi connectivity index (χ4v) is 3.66. The van der Waals surface area contributed by atoms with Crippen LogP contribution in [0.3, 0.4) is 0 Å². The highest BCUT2D eigenvalue weighted by atomic mass is 16.5. The molecule has 0 radical (unpaired) electrons. The van der Waals surface area contributed by atoms with Crippen molar-refractivity contribution in [1.82, 2.24) is 4.98 Å². The first-order valence-electron chi connectivity index (χ1n) is 10.6. The van der Waals surface area contributed by atoms with Gasteiger partial charge in [-0.1, -0.05) is 36.4 Å². The van der Waals surface area contributed by atoms with E-state index in [0.717, 1.165) is 37.3 Å². The normalized spacial score (nSPS) is 13.6. The smallest absolute Gasteiger partial charge is 0.337 e. The quantitative estimate of drug-likeness (QED) is 0.593. The number of carboxylic acids is 1. The number of hydrogen-bond donors (Lipinski definition) is 2. The number of nitrogens with zero attached hydrogens (tertiary/aromatic N) is 2. The second-order valence-corrected chi connectivity index (χ2v) is 7.63. The van der Waals surface area contributed by atoms with Crippen molar-refractivity contribution in [2.75, 3.05) is 36.5 Å². The van der Waals surface area contributed by atoms with Gasteiger partial charge in [0.15, 0.2) is 0 Å². The lowest BCUT2D eigenvalue weighted by molar-refractivity contribution is 0.0698. The van der Waals surface area contributed by atoms with Crippen molar-refractivity contribution in [2.24, 2.45) is 0 Å². The molecule has 0 aliphatic carbocycles. The second-order valence-electron chi connectivity index (χ2n) is 7.63. The molecular formula is C25H25N3O4. The van der Waals surface area contributed by atoms with Crippen molar-refractivity contribution in [3.8, 4) is 0 Å². The van der Waals surface area contributed by atoms with Crippen LogP contribution in [0, 0.1) is 0 Å². The molecule has 2 N–H and O–H groups in total.